The van der Waals surface area contributed by atoms with Crippen LogP contribution < -0.4 is 5.32 Å². The number of aromatic carboxylic acids is 1. The smallest absolute Gasteiger partial charge is 0.335 e. The molecule has 2 aromatic rings. The molecule has 0 aliphatic carbocycles. The van der Waals surface area contributed by atoms with Gasteiger partial charge in [-0.15, -0.1) is 0 Å². The fourth-order valence-corrected chi connectivity index (χ4v) is 1.97. The molecule has 3 nitrogen and oxygen atoms in total. The zero-order chi connectivity index (χ0) is 14.0. The lowest BCUT2D eigenvalue weighted by atomic mass is 10.1. The number of hydrogen-bond donors (Lipinski definition) is 2. The highest BCUT2D eigenvalue weighted by Crippen LogP contribution is 2.29. The molecule has 0 spiro atoms. The highest BCUT2D eigenvalue weighted by molar-refractivity contribution is 6.32. The average Bonchev–Trinajstić information content (AvgIpc) is 2.40. The van der Waals surface area contributed by atoms with Crippen LogP contribution in [0.1, 0.15) is 21.5 Å². The first-order chi connectivity index (χ1) is 8.99. The van der Waals surface area contributed by atoms with E-state index < -0.39 is 5.97 Å². The van der Waals surface area contributed by atoms with E-state index >= 15 is 0 Å². The summed E-state index contributed by atoms with van der Waals surface area (Å²) in [6.07, 6.45) is 0. The second kappa shape index (κ2) is 5.33. The van der Waals surface area contributed by atoms with Crippen molar-refractivity contribution in [2.45, 2.75) is 13.8 Å². The third kappa shape index (κ3) is 2.88. The molecule has 0 saturated carbocycles. The van der Waals surface area contributed by atoms with E-state index in [1.54, 1.807) is 24.3 Å². The summed E-state index contributed by atoms with van der Waals surface area (Å²) in [5, 5.41) is 12.8. The maximum Gasteiger partial charge on any atom is 0.335 e. The van der Waals surface area contributed by atoms with Crippen molar-refractivity contribution in [1.82, 2.24) is 0 Å². The Hall–Kier alpha value is -2.00. The number of carboxylic acids is 1. The van der Waals surface area contributed by atoms with Crippen LogP contribution in [-0.2, 0) is 0 Å². The van der Waals surface area contributed by atoms with Crippen molar-refractivity contribution in [2.24, 2.45) is 0 Å². The van der Waals surface area contributed by atoms with E-state index in [1.165, 1.54) is 0 Å². The lowest BCUT2D eigenvalue weighted by Crippen LogP contribution is -1.98. The van der Waals surface area contributed by atoms with Gasteiger partial charge in [-0.2, -0.15) is 0 Å². The number of carbonyl (C=O) groups is 1. The van der Waals surface area contributed by atoms with E-state index in [0.717, 1.165) is 27.5 Å². The summed E-state index contributed by atoms with van der Waals surface area (Å²) in [6.45, 7) is 3.91. The van der Waals surface area contributed by atoms with Crippen LogP contribution in [0.3, 0.4) is 0 Å². The molecular weight excluding hydrogens is 262 g/mol. The van der Waals surface area contributed by atoms with E-state index in [2.05, 4.69) is 5.32 Å². The monoisotopic (exact) mass is 275 g/mol. The maximum atomic E-state index is 10.8. The molecule has 98 valence electrons. The molecule has 0 radical (unpaired) electrons. The third-order valence-electron chi connectivity index (χ3n) is 2.99. The van der Waals surface area contributed by atoms with Crippen molar-refractivity contribution in [1.29, 1.82) is 0 Å². The molecular formula is C15H14ClNO2. The first-order valence-corrected chi connectivity index (χ1v) is 6.23. The fraction of sp³-hybridized carbons (Fsp3) is 0.133. The number of anilines is 2. The molecule has 0 aliphatic heterocycles. The van der Waals surface area contributed by atoms with E-state index in [-0.39, 0.29) is 5.56 Å². The van der Waals surface area contributed by atoms with Gasteiger partial charge in [0.2, 0.25) is 0 Å². The van der Waals surface area contributed by atoms with Gasteiger partial charge in [0, 0.05) is 16.4 Å². The molecule has 19 heavy (non-hydrogen) atoms. The molecule has 0 aliphatic rings. The van der Waals surface area contributed by atoms with Gasteiger partial charge in [-0.3, -0.25) is 0 Å². The molecule has 0 saturated heterocycles. The van der Waals surface area contributed by atoms with Gasteiger partial charge in [0.25, 0.3) is 0 Å². The summed E-state index contributed by atoms with van der Waals surface area (Å²) in [5.74, 6) is -0.930. The summed E-state index contributed by atoms with van der Waals surface area (Å²) in [7, 11) is 0. The van der Waals surface area contributed by atoms with E-state index in [0.29, 0.717) is 0 Å². The largest absolute Gasteiger partial charge is 0.478 e. The minimum absolute atomic E-state index is 0.268. The molecule has 0 amide bonds. The predicted molar refractivity (Wildman–Crippen MR) is 77.6 cm³/mol. The molecule has 2 rings (SSSR count). The summed E-state index contributed by atoms with van der Waals surface area (Å²) >= 11 is 6.20. The molecule has 0 fully saturated rings. The second-order valence-corrected chi connectivity index (χ2v) is 4.75. The average molecular weight is 276 g/mol. The van der Waals surface area contributed by atoms with Gasteiger partial charge in [-0.05, 0) is 55.3 Å². The number of hydrogen-bond acceptors (Lipinski definition) is 2. The van der Waals surface area contributed by atoms with E-state index in [4.69, 9.17) is 16.7 Å². The maximum absolute atomic E-state index is 10.8. The predicted octanol–water partition coefficient (Wildman–Crippen LogP) is 4.40. The Morgan fingerprint density at radius 3 is 2.32 bits per heavy atom. The van der Waals surface area contributed by atoms with Crippen molar-refractivity contribution in [3.8, 4) is 0 Å². The molecule has 0 aromatic heterocycles. The Morgan fingerprint density at radius 1 is 1.11 bits per heavy atom. The lowest BCUT2D eigenvalue weighted by molar-refractivity contribution is 0.0697. The number of nitrogens with one attached hydrogen (secondary N) is 1. The third-order valence-corrected chi connectivity index (χ3v) is 3.57. The molecule has 2 aromatic carbocycles. The Kier molecular flexibility index (Phi) is 3.76. The number of carboxylic acid groups (broad SMARTS) is 1. The summed E-state index contributed by atoms with van der Waals surface area (Å²) in [5.41, 5.74) is 4.02. The zero-order valence-corrected chi connectivity index (χ0v) is 11.5. The van der Waals surface area contributed by atoms with Gasteiger partial charge in [0.05, 0.1) is 5.56 Å². The van der Waals surface area contributed by atoms with Crippen molar-refractivity contribution in [3.63, 3.8) is 0 Å². The van der Waals surface area contributed by atoms with Crippen molar-refractivity contribution in [3.05, 3.63) is 58.1 Å². The highest BCUT2D eigenvalue weighted by atomic mass is 35.5. The Balaban J connectivity index is 2.26. The van der Waals surface area contributed by atoms with Crippen LogP contribution in [0.25, 0.3) is 0 Å². The summed E-state index contributed by atoms with van der Waals surface area (Å²) in [6, 6.07) is 10.5. The van der Waals surface area contributed by atoms with E-state index in [9.17, 15) is 4.79 Å². The molecule has 0 atom stereocenters. The SMILES string of the molecule is Cc1ccc(Nc2ccc(C(=O)O)cc2)c(C)c1Cl. The van der Waals surface area contributed by atoms with Crippen LogP contribution in [0.2, 0.25) is 5.02 Å². The Labute approximate surface area is 116 Å². The molecule has 4 heteroatoms. The number of benzene rings is 2. The van der Waals surface area contributed by atoms with Gasteiger partial charge in [-0.1, -0.05) is 17.7 Å². The summed E-state index contributed by atoms with van der Waals surface area (Å²) in [4.78, 5) is 10.8. The van der Waals surface area contributed by atoms with Gasteiger partial charge in [0.15, 0.2) is 0 Å². The van der Waals surface area contributed by atoms with Crippen LogP contribution in [0.4, 0.5) is 11.4 Å². The normalized spacial score (nSPS) is 10.3. The van der Waals surface area contributed by atoms with Gasteiger partial charge < -0.3 is 10.4 Å². The number of aryl methyl sites for hydroxylation is 1. The molecule has 0 bridgehead atoms. The van der Waals surface area contributed by atoms with Gasteiger partial charge in [0.1, 0.15) is 0 Å². The quantitative estimate of drug-likeness (QED) is 0.873. The summed E-state index contributed by atoms with van der Waals surface area (Å²) < 4.78 is 0. The van der Waals surface area contributed by atoms with Crippen molar-refractivity contribution in [2.75, 3.05) is 5.32 Å². The van der Waals surface area contributed by atoms with Crippen LogP contribution in [0, 0.1) is 13.8 Å². The Bertz CT molecular complexity index is 621. The topological polar surface area (TPSA) is 49.3 Å². The second-order valence-electron chi connectivity index (χ2n) is 4.38. The van der Waals surface area contributed by atoms with Crippen LogP contribution in [0.15, 0.2) is 36.4 Å². The minimum Gasteiger partial charge on any atom is -0.478 e. The standard InChI is InChI=1S/C15H14ClNO2/c1-9-3-8-13(10(2)14(9)16)17-12-6-4-11(5-7-12)15(18)19/h3-8,17H,1-2H3,(H,18,19). The zero-order valence-electron chi connectivity index (χ0n) is 10.7. The van der Waals surface area contributed by atoms with Crippen molar-refractivity contribution < 1.29 is 9.90 Å². The van der Waals surface area contributed by atoms with Crippen molar-refractivity contribution >= 4 is 28.9 Å². The van der Waals surface area contributed by atoms with Crippen LogP contribution in [0.5, 0.6) is 0 Å². The molecule has 0 unspecified atom stereocenters. The lowest BCUT2D eigenvalue weighted by Gasteiger charge is -2.12. The Morgan fingerprint density at radius 2 is 1.74 bits per heavy atom. The van der Waals surface area contributed by atoms with Crippen LogP contribution in [-0.4, -0.2) is 11.1 Å². The van der Waals surface area contributed by atoms with Gasteiger partial charge >= 0.3 is 5.97 Å². The molecule has 2 N–H and O–H groups in total. The first kappa shape index (κ1) is 13.4. The number of halogens is 1. The fourth-order valence-electron chi connectivity index (χ4n) is 1.81. The highest BCUT2D eigenvalue weighted by Gasteiger charge is 2.06. The van der Waals surface area contributed by atoms with E-state index in [1.807, 2.05) is 26.0 Å². The van der Waals surface area contributed by atoms with Crippen LogP contribution >= 0.6 is 11.6 Å². The molecule has 0 heterocycles. The minimum atomic E-state index is -0.930. The van der Waals surface area contributed by atoms with Gasteiger partial charge in [-0.25, -0.2) is 4.79 Å². The first-order valence-electron chi connectivity index (χ1n) is 5.85. The number of rotatable bonds is 3.